The second kappa shape index (κ2) is 5.28. The number of hydrogen-bond donors (Lipinski definition) is 2. The van der Waals surface area contributed by atoms with Crippen molar-refractivity contribution in [2.24, 2.45) is 11.1 Å². The fraction of sp³-hybridized carbons (Fsp3) is 0.538. The van der Waals surface area contributed by atoms with Gasteiger partial charge in [-0.15, -0.1) is 0 Å². The summed E-state index contributed by atoms with van der Waals surface area (Å²) in [6.45, 7) is 5.70. The van der Waals surface area contributed by atoms with Gasteiger partial charge in [0.15, 0.2) is 17.5 Å². The molecule has 0 unspecified atom stereocenters. The Balaban J connectivity index is 2.88. The molecule has 102 valence electrons. The Morgan fingerprint density at radius 3 is 2.00 bits per heavy atom. The minimum atomic E-state index is -1.54. The van der Waals surface area contributed by atoms with Gasteiger partial charge in [-0.2, -0.15) is 0 Å². The Hall–Kier alpha value is -1.07. The van der Waals surface area contributed by atoms with E-state index in [2.05, 4.69) is 0 Å². The van der Waals surface area contributed by atoms with Crippen molar-refractivity contribution >= 4 is 0 Å². The average molecular weight is 261 g/mol. The van der Waals surface area contributed by atoms with E-state index >= 15 is 0 Å². The fourth-order valence-corrected chi connectivity index (χ4v) is 1.50. The molecule has 0 aliphatic carbocycles. The van der Waals surface area contributed by atoms with Crippen LogP contribution in [0.2, 0.25) is 0 Å². The van der Waals surface area contributed by atoms with Crippen LogP contribution in [-0.2, 0) is 0 Å². The maximum Gasteiger partial charge on any atom is 0.194 e. The molecule has 0 amide bonds. The van der Waals surface area contributed by atoms with Crippen LogP contribution in [-0.4, -0.2) is 11.1 Å². The molecule has 5 heteroatoms. The number of rotatable bonds is 3. The minimum Gasteiger partial charge on any atom is -0.388 e. The lowest BCUT2D eigenvalue weighted by molar-refractivity contribution is 0.132. The highest BCUT2D eigenvalue weighted by molar-refractivity contribution is 5.21. The number of nitrogens with two attached hydrogens (primary N) is 1. The lowest BCUT2D eigenvalue weighted by Crippen LogP contribution is -2.36. The monoisotopic (exact) mass is 261 g/mol. The Labute approximate surface area is 105 Å². The first-order valence-electron chi connectivity index (χ1n) is 5.71. The van der Waals surface area contributed by atoms with E-state index in [1.54, 1.807) is 0 Å². The van der Waals surface area contributed by atoms with Crippen LogP contribution >= 0.6 is 0 Å². The molecule has 1 rings (SSSR count). The van der Waals surface area contributed by atoms with E-state index in [1.165, 1.54) is 0 Å². The largest absolute Gasteiger partial charge is 0.388 e. The second-order valence-electron chi connectivity index (χ2n) is 5.52. The zero-order valence-corrected chi connectivity index (χ0v) is 10.7. The Bertz CT molecular complexity index is 406. The summed E-state index contributed by atoms with van der Waals surface area (Å²) >= 11 is 0. The third-order valence-electron chi connectivity index (χ3n) is 2.98. The first-order valence-corrected chi connectivity index (χ1v) is 5.71. The van der Waals surface area contributed by atoms with Gasteiger partial charge in [-0.05, 0) is 29.5 Å². The molecule has 0 heterocycles. The van der Waals surface area contributed by atoms with Crippen molar-refractivity contribution in [3.8, 4) is 0 Å². The number of hydrogen-bond acceptors (Lipinski definition) is 2. The van der Waals surface area contributed by atoms with E-state index in [9.17, 15) is 18.3 Å². The summed E-state index contributed by atoms with van der Waals surface area (Å²) in [7, 11) is 0. The van der Waals surface area contributed by atoms with Crippen LogP contribution in [0.1, 0.15) is 38.9 Å². The van der Waals surface area contributed by atoms with Gasteiger partial charge in [0.1, 0.15) is 0 Å². The molecule has 18 heavy (non-hydrogen) atoms. The highest BCUT2D eigenvalue weighted by atomic mass is 19.2. The molecule has 2 nitrogen and oxygen atoms in total. The summed E-state index contributed by atoms with van der Waals surface area (Å²) < 4.78 is 38.8. The first-order chi connectivity index (χ1) is 8.12. The zero-order valence-electron chi connectivity index (χ0n) is 10.7. The van der Waals surface area contributed by atoms with Gasteiger partial charge < -0.3 is 10.8 Å². The van der Waals surface area contributed by atoms with Gasteiger partial charge in [-0.3, -0.25) is 0 Å². The molecule has 1 aromatic carbocycles. The summed E-state index contributed by atoms with van der Waals surface area (Å²) in [6.07, 6.45) is -0.975. The highest BCUT2D eigenvalue weighted by Gasteiger charge is 2.25. The van der Waals surface area contributed by atoms with Gasteiger partial charge in [0.05, 0.1) is 6.10 Å². The number of aliphatic hydroxyl groups excluding tert-OH is 1. The molecule has 0 aromatic heterocycles. The average Bonchev–Trinajstić information content (AvgIpc) is 2.23. The van der Waals surface area contributed by atoms with E-state index in [0.29, 0.717) is 0 Å². The fourth-order valence-electron chi connectivity index (χ4n) is 1.50. The normalized spacial score (nSPS) is 15.6. The molecule has 0 aliphatic heterocycles. The van der Waals surface area contributed by atoms with Crippen molar-refractivity contribution < 1.29 is 18.3 Å². The van der Waals surface area contributed by atoms with Gasteiger partial charge in [-0.1, -0.05) is 20.8 Å². The quantitative estimate of drug-likeness (QED) is 0.822. The second-order valence-corrected chi connectivity index (χ2v) is 5.52. The van der Waals surface area contributed by atoms with Crippen LogP contribution in [0.4, 0.5) is 13.2 Å². The standard InChI is InChI=1S/C13H18F3NO/c1-13(2,3)11(17)6-10(18)7-4-8(14)12(16)9(15)5-7/h4-5,10-11,18H,6,17H2,1-3H3/t10-,11-/m1/s1. The lowest BCUT2D eigenvalue weighted by atomic mass is 9.83. The maximum absolute atomic E-state index is 13.0. The van der Waals surface area contributed by atoms with Crippen molar-refractivity contribution in [1.82, 2.24) is 0 Å². The molecule has 0 aliphatic rings. The predicted octanol–water partition coefficient (Wildman–Crippen LogP) is 2.90. The molecule has 0 spiro atoms. The minimum absolute atomic E-state index is 0.00824. The van der Waals surface area contributed by atoms with Crippen LogP contribution in [0, 0.1) is 22.9 Å². The smallest absolute Gasteiger partial charge is 0.194 e. The van der Waals surface area contributed by atoms with E-state index < -0.39 is 23.6 Å². The highest BCUT2D eigenvalue weighted by Crippen LogP contribution is 2.28. The molecule has 0 saturated carbocycles. The summed E-state index contributed by atoms with van der Waals surface area (Å²) in [5.41, 5.74) is 5.63. The van der Waals surface area contributed by atoms with Crippen molar-refractivity contribution in [3.05, 3.63) is 35.1 Å². The SMILES string of the molecule is CC(C)(C)[C@H](N)C[C@@H](O)c1cc(F)c(F)c(F)c1. The molecular weight excluding hydrogens is 243 g/mol. The van der Waals surface area contributed by atoms with Crippen LogP contribution in [0.15, 0.2) is 12.1 Å². The Kier molecular flexibility index (Phi) is 4.40. The van der Waals surface area contributed by atoms with Gasteiger partial charge in [0.25, 0.3) is 0 Å². The van der Waals surface area contributed by atoms with E-state index in [4.69, 9.17) is 5.73 Å². The molecule has 0 fully saturated rings. The topological polar surface area (TPSA) is 46.2 Å². The summed E-state index contributed by atoms with van der Waals surface area (Å²) in [6, 6.07) is 1.24. The van der Waals surface area contributed by atoms with Crippen molar-refractivity contribution in [3.63, 3.8) is 0 Å². The molecule has 3 N–H and O–H groups in total. The van der Waals surface area contributed by atoms with Crippen LogP contribution in [0.3, 0.4) is 0 Å². The van der Waals surface area contributed by atoms with Crippen molar-refractivity contribution in [2.75, 3.05) is 0 Å². The van der Waals surface area contributed by atoms with Crippen molar-refractivity contribution in [1.29, 1.82) is 0 Å². The summed E-state index contributed by atoms with van der Waals surface area (Å²) in [5, 5.41) is 9.86. The van der Waals surface area contributed by atoms with Gasteiger partial charge in [-0.25, -0.2) is 13.2 Å². The van der Waals surface area contributed by atoms with Gasteiger partial charge >= 0.3 is 0 Å². The molecular formula is C13H18F3NO. The van der Waals surface area contributed by atoms with Crippen LogP contribution in [0.25, 0.3) is 0 Å². The number of aliphatic hydroxyl groups is 1. The molecule has 0 saturated heterocycles. The van der Waals surface area contributed by atoms with E-state index in [0.717, 1.165) is 12.1 Å². The lowest BCUT2D eigenvalue weighted by Gasteiger charge is -2.29. The van der Waals surface area contributed by atoms with Crippen LogP contribution in [0.5, 0.6) is 0 Å². The van der Waals surface area contributed by atoms with Gasteiger partial charge in [0.2, 0.25) is 0 Å². The predicted molar refractivity (Wildman–Crippen MR) is 63.3 cm³/mol. The van der Waals surface area contributed by atoms with Crippen molar-refractivity contribution in [2.45, 2.75) is 39.3 Å². The molecule has 2 atom stereocenters. The first kappa shape index (κ1) is 15.0. The third kappa shape index (κ3) is 3.46. The van der Waals surface area contributed by atoms with Crippen LogP contribution < -0.4 is 5.73 Å². The van der Waals surface area contributed by atoms with Gasteiger partial charge in [0, 0.05) is 6.04 Å². The Morgan fingerprint density at radius 1 is 1.17 bits per heavy atom. The third-order valence-corrected chi connectivity index (χ3v) is 2.98. The molecule has 1 aromatic rings. The molecule has 0 radical (unpaired) electrons. The number of benzene rings is 1. The van der Waals surface area contributed by atoms with E-state index in [-0.39, 0.29) is 23.4 Å². The maximum atomic E-state index is 13.0. The van der Waals surface area contributed by atoms with E-state index in [1.807, 2.05) is 20.8 Å². The zero-order chi connectivity index (χ0) is 14.1. The summed E-state index contributed by atoms with van der Waals surface area (Å²) in [5.74, 6) is -4.16. The summed E-state index contributed by atoms with van der Waals surface area (Å²) in [4.78, 5) is 0. The Morgan fingerprint density at radius 2 is 1.61 bits per heavy atom. The molecule has 0 bridgehead atoms. The number of halogens is 3.